The third-order valence-corrected chi connectivity index (χ3v) is 5.52. The van der Waals surface area contributed by atoms with Gasteiger partial charge in [0.15, 0.2) is 0 Å². The van der Waals surface area contributed by atoms with E-state index in [2.05, 4.69) is 66.0 Å². The molecule has 0 aromatic heterocycles. The number of benzene rings is 1. The van der Waals surface area contributed by atoms with Gasteiger partial charge in [-0.3, -0.25) is 4.99 Å². The molecule has 0 heterocycles. The summed E-state index contributed by atoms with van der Waals surface area (Å²) >= 11 is 6.31. The smallest absolute Gasteiger partial charge is 0.0466 e. The van der Waals surface area contributed by atoms with E-state index >= 15 is 0 Å². The number of aryl methyl sites for hydroxylation is 1. The Morgan fingerprint density at radius 1 is 1.08 bits per heavy atom. The van der Waals surface area contributed by atoms with Gasteiger partial charge in [0.05, 0.1) is 0 Å². The van der Waals surface area contributed by atoms with Crippen LogP contribution in [-0.4, -0.2) is 6.21 Å². The minimum Gasteiger partial charge on any atom is -0.265 e. The molecule has 1 atom stereocenters. The van der Waals surface area contributed by atoms with Crippen molar-refractivity contribution in [1.82, 2.24) is 0 Å². The molecule has 2 heteroatoms. The zero-order valence-corrected chi connectivity index (χ0v) is 18.5. The maximum atomic E-state index is 6.31. The number of rotatable bonds is 11. The molecule has 0 saturated carbocycles. The predicted molar refractivity (Wildman–Crippen MR) is 119 cm³/mol. The van der Waals surface area contributed by atoms with E-state index in [0.717, 1.165) is 24.3 Å². The standard InChI is InChI=1S/C24H38ClN/c1-7-12-20(13-8-2)23(24(18(6)10-4)26-16-9-3)22-15-14-21(25)17-19(22)11-5/h14-17,20,23H,7-13H2,1-6H3/b24-18-,26-16?. The molecule has 1 rings (SSSR count). The van der Waals surface area contributed by atoms with Crippen molar-refractivity contribution in [2.45, 2.75) is 92.4 Å². The van der Waals surface area contributed by atoms with E-state index in [9.17, 15) is 0 Å². The zero-order valence-electron chi connectivity index (χ0n) is 17.7. The summed E-state index contributed by atoms with van der Waals surface area (Å²) in [7, 11) is 0. The molecule has 0 radical (unpaired) electrons. The molecule has 0 N–H and O–H groups in total. The Morgan fingerprint density at radius 3 is 2.23 bits per heavy atom. The van der Waals surface area contributed by atoms with Crippen molar-refractivity contribution >= 4 is 17.8 Å². The van der Waals surface area contributed by atoms with E-state index in [0.29, 0.717) is 11.8 Å². The average molecular weight is 376 g/mol. The molecule has 1 unspecified atom stereocenters. The summed E-state index contributed by atoms with van der Waals surface area (Å²) in [4.78, 5) is 4.99. The summed E-state index contributed by atoms with van der Waals surface area (Å²) in [6.45, 7) is 13.5. The van der Waals surface area contributed by atoms with Gasteiger partial charge in [-0.25, -0.2) is 0 Å². The monoisotopic (exact) mass is 375 g/mol. The van der Waals surface area contributed by atoms with E-state index in [1.165, 1.54) is 48.1 Å². The fourth-order valence-corrected chi connectivity index (χ4v) is 4.05. The van der Waals surface area contributed by atoms with Crippen LogP contribution in [0.1, 0.15) is 97.1 Å². The van der Waals surface area contributed by atoms with Crippen molar-refractivity contribution in [1.29, 1.82) is 0 Å². The molecule has 0 aliphatic carbocycles. The summed E-state index contributed by atoms with van der Waals surface area (Å²) in [5.74, 6) is 0.992. The lowest BCUT2D eigenvalue weighted by Gasteiger charge is -2.31. The van der Waals surface area contributed by atoms with Crippen LogP contribution in [0.3, 0.4) is 0 Å². The highest BCUT2D eigenvalue weighted by Gasteiger charge is 2.28. The van der Waals surface area contributed by atoms with Crippen LogP contribution in [0.15, 0.2) is 34.5 Å². The number of hydrogen-bond donors (Lipinski definition) is 0. The van der Waals surface area contributed by atoms with E-state index in [4.69, 9.17) is 16.6 Å². The van der Waals surface area contributed by atoms with Gasteiger partial charge in [-0.05, 0) is 68.2 Å². The lowest BCUT2D eigenvalue weighted by molar-refractivity contribution is 0.387. The van der Waals surface area contributed by atoms with Crippen LogP contribution in [0.5, 0.6) is 0 Å². The van der Waals surface area contributed by atoms with E-state index < -0.39 is 0 Å². The molecule has 0 aliphatic rings. The highest BCUT2D eigenvalue weighted by molar-refractivity contribution is 6.30. The molecule has 0 bridgehead atoms. The maximum Gasteiger partial charge on any atom is 0.0466 e. The van der Waals surface area contributed by atoms with Crippen molar-refractivity contribution in [3.05, 3.63) is 45.6 Å². The Bertz CT molecular complexity index is 594. The van der Waals surface area contributed by atoms with E-state index in [-0.39, 0.29) is 0 Å². The lowest BCUT2D eigenvalue weighted by atomic mass is 9.75. The lowest BCUT2D eigenvalue weighted by Crippen LogP contribution is -2.18. The molecular formula is C24H38ClN. The summed E-state index contributed by atoms with van der Waals surface area (Å²) in [6, 6.07) is 6.47. The van der Waals surface area contributed by atoms with Gasteiger partial charge in [-0.2, -0.15) is 0 Å². The SMILES string of the molecule is CCC=N/C(=C(/C)CC)C(c1ccc(Cl)cc1CC)C(CCC)CCC. The quantitative estimate of drug-likeness (QED) is 0.344. The second-order valence-electron chi connectivity index (χ2n) is 7.25. The number of hydrogen-bond acceptors (Lipinski definition) is 1. The van der Waals surface area contributed by atoms with Gasteiger partial charge in [-0.1, -0.05) is 70.7 Å². The van der Waals surface area contributed by atoms with Gasteiger partial charge in [-0.15, -0.1) is 0 Å². The van der Waals surface area contributed by atoms with E-state index in [1.807, 2.05) is 0 Å². The minimum atomic E-state index is 0.366. The summed E-state index contributed by atoms with van der Waals surface area (Å²) < 4.78 is 0. The van der Waals surface area contributed by atoms with Crippen LogP contribution in [0.2, 0.25) is 5.02 Å². The molecule has 0 amide bonds. The van der Waals surface area contributed by atoms with Gasteiger partial charge >= 0.3 is 0 Å². The topological polar surface area (TPSA) is 12.4 Å². The highest BCUT2D eigenvalue weighted by Crippen LogP contribution is 2.42. The molecule has 0 aliphatic heterocycles. The average Bonchev–Trinajstić information content (AvgIpc) is 2.65. The molecule has 0 saturated heterocycles. The first-order chi connectivity index (χ1) is 12.5. The number of nitrogens with zero attached hydrogens (tertiary/aromatic N) is 1. The first kappa shape index (κ1) is 23.0. The summed E-state index contributed by atoms with van der Waals surface area (Å²) in [5.41, 5.74) is 5.50. The third kappa shape index (κ3) is 6.27. The normalized spacial score (nSPS) is 14.2. The summed E-state index contributed by atoms with van der Waals surface area (Å²) in [5, 5.41) is 0.835. The largest absolute Gasteiger partial charge is 0.265 e. The van der Waals surface area contributed by atoms with Gasteiger partial charge in [0.25, 0.3) is 0 Å². The van der Waals surface area contributed by atoms with Crippen molar-refractivity contribution < 1.29 is 0 Å². The molecule has 146 valence electrons. The molecule has 1 aromatic rings. The maximum absolute atomic E-state index is 6.31. The summed E-state index contributed by atoms with van der Waals surface area (Å²) in [6.07, 6.45) is 10.0. The third-order valence-electron chi connectivity index (χ3n) is 5.29. The predicted octanol–water partition coefficient (Wildman–Crippen LogP) is 8.37. The number of aliphatic imine (C=N–C) groups is 1. The highest BCUT2D eigenvalue weighted by atomic mass is 35.5. The zero-order chi connectivity index (χ0) is 19.5. The van der Waals surface area contributed by atoms with Crippen LogP contribution in [0.25, 0.3) is 0 Å². The van der Waals surface area contributed by atoms with Crippen molar-refractivity contribution in [3.63, 3.8) is 0 Å². The van der Waals surface area contributed by atoms with Gasteiger partial charge in [0, 0.05) is 22.9 Å². The molecule has 1 nitrogen and oxygen atoms in total. The van der Waals surface area contributed by atoms with Crippen LogP contribution >= 0.6 is 11.6 Å². The Labute approximate surface area is 167 Å². The van der Waals surface area contributed by atoms with Crippen LogP contribution in [0.4, 0.5) is 0 Å². The molecule has 0 spiro atoms. The van der Waals surface area contributed by atoms with Gasteiger partial charge in [0.1, 0.15) is 0 Å². The molecule has 1 aromatic carbocycles. The Morgan fingerprint density at radius 2 is 1.73 bits per heavy atom. The molecular weight excluding hydrogens is 338 g/mol. The minimum absolute atomic E-state index is 0.366. The number of halogens is 1. The van der Waals surface area contributed by atoms with Crippen molar-refractivity contribution in [3.8, 4) is 0 Å². The second kappa shape index (κ2) is 12.3. The fraction of sp³-hybridized carbons (Fsp3) is 0.625. The van der Waals surface area contributed by atoms with Crippen molar-refractivity contribution in [2.75, 3.05) is 0 Å². The Kier molecular flexibility index (Phi) is 10.9. The van der Waals surface area contributed by atoms with E-state index in [1.54, 1.807) is 0 Å². The number of allylic oxidation sites excluding steroid dienone is 2. The second-order valence-corrected chi connectivity index (χ2v) is 7.69. The fourth-order valence-electron chi connectivity index (χ4n) is 3.85. The van der Waals surface area contributed by atoms with Gasteiger partial charge < -0.3 is 0 Å². The van der Waals surface area contributed by atoms with Gasteiger partial charge in [0.2, 0.25) is 0 Å². The van der Waals surface area contributed by atoms with Crippen LogP contribution in [-0.2, 0) is 6.42 Å². The Hall–Kier alpha value is -1.08. The first-order valence-corrected chi connectivity index (χ1v) is 10.9. The molecule has 26 heavy (non-hydrogen) atoms. The molecule has 0 fully saturated rings. The van der Waals surface area contributed by atoms with Crippen LogP contribution in [0, 0.1) is 5.92 Å². The first-order valence-electron chi connectivity index (χ1n) is 10.5. The Balaban J connectivity index is 3.62. The van der Waals surface area contributed by atoms with Crippen LogP contribution < -0.4 is 0 Å². The van der Waals surface area contributed by atoms with Crippen molar-refractivity contribution in [2.24, 2.45) is 10.9 Å².